The average Bonchev–Trinajstić information content (AvgIpc) is 3.22. The first-order valence-corrected chi connectivity index (χ1v) is 9.07. The molecule has 1 aliphatic rings. The number of carboxylic acids is 1. The molecule has 3 rings (SSSR count). The molecule has 1 saturated heterocycles. The maximum atomic E-state index is 12.2. The van der Waals surface area contributed by atoms with Crippen LogP contribution in [0.15, 0.2) is 30.5 Å². The van der Waals surface area contributed by atoms with Crippen molar-refractivity contribution >= 4 is 28.9 Å². The van der Waals surface area contributed by atoms with Crippen LogP contribution in [0.1, 0.15) is 40.0 Å². The number of carboxylic acid groups (broad SMARTS) is 1. The van der Waals surface area contributed by atoms with Crippen LogP contribution < -0.4 is 4.90 Å². The van der Waals surface area contributed by atoms with E-state index >= 15 is 0 Å². The molecule has 0 aliphatic carbocycles. The van der Waals surface area contributed by atoms with Crippen molar-refractivity contribution in [2.45, 2.75) is 38.8 Å². The SMILES string of the molecule is CCc1ccc(N2C(=O)CC[C@@H]2COCc2ncc(C(=O)O)s2)cc1. The van der Waals surface area contributed by atoms with E-state index in [1.807, 2.05) is 29.2 Å². The highest BCUT2D eigenvalue weighted by molar-refractivity contribution is 7.13. The van der Waals surface area contributed by atoms with Gasteiger partial charge in [-0.1, -0.05) is 19.1 Å². The number of anilines is 1. The summed E-state index contributed by atoms with van der Waals surface area (Å²) in [4.78, 5) is 29.2. The number of thiazole rings is 1. The van der Waals surface area contributed by atoms with Crippen LogP contribution in [0.3, 0.4) is 0 Å². The number of hydrogen-bond donors (Lipinski definition) is 1. The molecule has 0 saturated carbocycles. The molecule has 1 fully saturated rings. The second-order valence-corrected chi connectivity index (χ2v) is 7.03. The van der Waals surface area contributed by atoms with Gasteiger partial charge in [-0.3, -0.25) is 4.79 Å². The first-order chi connectivity index (χ1) is 12.1. The Bertz CT molecular complexity index is 757. The number of aryl methyl sites for hydroxylation is 1. The van der Waals surface area contributed by atoms with Gasteiger partial charge in [0.15, 0.2) is 0 Å². The highest BCUT2D eigenvalue weighted by Crippen LogP contribution is 2.27. The lowest BCUT2D eigenvalue weighted by Gasteiger charge is -2.25. The fourth-order valence-electron chi connectivity index (χ4n) is 2.91. The molecular formula is C18H20N2O4S. The highest BCUT2D eigenvalue weighted by atomic mass is 32.1. The number of benzene rings is 1. The second kappa shape index (κ2) is 7.76. The molecule has 1 atom stereocenters. The van der Waals surface area contributed by atoms with E-state index in [2.05, 4.69) is 11.9 Å². The average molecular weight is 360 g/mol. The van der Waals surface area contributed by atoms with E-state index in [0.717, 1.165) is 29.9 Å². The van der Waals surface area contributed by atoms with Crippen molar-refractivity contribution in [2.24, 2.45) is 0 Å². The first kappa shape index (κ1) is 17.6. The molecular weight excluding hydrogens is 340 g/mol. The normalized spacial score (nSPS) is 17.2. The number of carbonyl (C=O) groups excluding carboxylic acids is 1. The maximum absolute atomic E-state index is 12.2. The Labute approximate surface area is 150 Å². The zero-order valence-corrected chi connectivity index (χ0v) is 14.8. The Morgan fingerprint density at radius 2 is 2.16 bits per heavy atom. The van der Waals surface area contributed by atoms with Crippen molar-refractivity contribution in [3.8, 4) is 0 Å². The fourth-order valence-corrected chi connectivity index (χ4v) is 3.60. The van der Waals surface area contributed by atoms with Gasteiger partial charge in [-0.15, -0.1) is 11.3 Å². The third-order valence-electron chi connectivity index (χ3n) is 4.25. The lowest BCUT2D eigenvalue weighted by molar-refractivity contribution is -0.117. The minimum absolute atomic E-state index is 0.00103. The topological polar surface area (TPSA) is 79.7 Å². The predicted octanol–water partition coefficient (Wildman–Crippen LogP) is 3.12. The number of aromatic carboxylic acids is 1. The molecule has 0 bridgehead atoms. The summed E-state index contributed by atoms with van der Waals surface area (Å²) in [5, 5.41) is 9.53. The standard InChI is InChI=1S/C18H20N2O4S/c1-2-12-3-5-13(6-4-12)20-14(7-8-17(20)21)10-24-11-16-19-9-15(25-16)18(22)23/h3-6,9,14H,2,7-8,10-11H2,1H3,(H,22,23)/t14-/m1/s1. The molecule has 0 radical (unpaired) electrons. The number of amides is 1. The highest BCUT2D eigenvalue weighted by Gasteiger charge is 2.32. The third-order valence-corrected chi connectivity index (χ3v) is 5.21. The van der Waals surface area contributed by atoms with Gasteiger partial charge in [-0.25, -0.2) is 9.78 Å². The minimum Gasteiger partial charge on any atom is -0.477 e. The van der Waals surface area contributed by atoms with Crippen LogP contribution in [0.5, 0.6) is 0 Å². The summed E-state index contributed by atoms with van der Waals surface area (Å²) >= 11 is 1.11. The summed E-state index contributed by atoms with van der Waals surface area (Å²) in [6, 6.07) is 8.05. The van der Waals surface area contributed by atoms with Gasteiger partial charge in [-0.2, -0.15) is 0 Å². The molecule has 1 aliphatic heterocycles. The van der Waals surface area contributed by atoms with E-state index < -0.39 is 5.97 Å². The van der Waals surface area contributed by atoms with Crippen LogP contribution in [0.4, 0.5) is 5.69 Å². The van der Waals surface area contributed by atoms with Crippen LogP contribution >= 0.6 is 11.3 Å². The Balaban J connectivity index is 1.60. The summed E-state index contributed by atoms with van der Waals surface area (Å²) in [6.07, 6.45) is 3.58. The molecule has 7 heteroatoms. The zero-order chi connectivity index (χ0) is 17.8. The monoisotopic (exact) mass is 360 g/mol. The van der Waals surface area contributed by atoms with Gasteiger partial charge in [0.05, 0.1) is 25.5 Å². The van der Waals surface area contributed by atoms with Crippen LogP contribution in [0, 0.1) is 0 Å². The lowest BCUT2D eigenvalue weighted by Crippen LogP contribution is -2.36. The van der Waals surface area contributed by atoms with Gasteiger partial charge in [-0.05, 0) is 30.5 Å². The molecule has 1 aromatic carbocycles. The number of nitrogens with zero attached hydrogens (tertiary/aromatic N) is 2. The first-order valence-electron chi connectivity index (χ1n) is 8.25. The van der Waals surface area contributed by atoms with E-state index in [9.17, 15) is 9.59 Å². The van der Waals surface area contributed by atoms with Gasteiger partial charge >= 0.3 is 5.97 Å². The van der Waals surface area contributed by atoms with E-state index in [0.29, 0.717) is 18.0 Å². The summed E-state index contributed by atoms with van der Waals surface area (Å²) in [7, 11) is 0. The van der Waals surface area contributed by atoms with Crippen LogP contribution in [0.2, 0.25) is 0 Å². The number of carbonyl (C=O) groups is 2. The van der Waals surface area contributed by atoms with Gasteiger partial charge in [0.25, 0.3) is 0 Å². The summed E-state index contributed by atoms with van der Waals surface area (Å²) < 4.78 is 5.70. The van der Waals surface area contributed by atoms with Gasteiger partial charge in [0.2, 0.25) is 5.91 Å². The van der Waals surface area contributed by atoms with E-state index in [1.54, 1.807) is 0 Å². The largest absolute Gasteiger partial charge is 0.477 e. The number of ether oxygens (including phenoxy) is 1. The van der Waals surface area contributed by atoms with Crippen molar-refractivity contribution in [1.82, 2.24) is 4.98 Å². The van der Waals surface area contributed by atoms with E-state index in [-0.39, 0.29) is 23.4 Å². The van der Waals surface area contributed by atoms with E-state index in [1.165, 1.54) is 11.8 Å². The minimum atomic E-state index is -0.980. The van der Waals surface area contributed by atoms with Gasteiger partial charge in [0, 0.05) is 12.1 Å². The second-order valence-electron chi connectivity index (χ2n) is 5.91. The molecule has 1 aromatic heterocycles. The quantitative estimate of drug-likeness (QED) is 0.821. The Morgan fingerprint density at radius 3 is 2.80 bits per heavy atom. The summed E-state index contributed by atoms with van der Waals surface area (Å²) in [6.45, 7) is 2.76. The Kier molecular flexibility index (Phi) is 5.45. The van der Waals surface area contributed by atoms with Crippen LogP contribution in [-0.4, -0.2) is 34.6 Å². The number of rotatable bonds is 7. The van der Waals surface area contributed by atoms with Crippen molar-refractivity contribution in [2.75, 3.05) is 11.5 Å². The predicted molar refractivity (Wildman–Crippen MR) is 95.1 cm³/mol. The molecule has 1 amide bonds. The molecule has 0 unspecified atom stereocenters. The van der Waals surface area contributed by atoms with E-state index in [4.69, 9.17) is 9.84 Å². The van der Waals surface area contributed by atoms with Crippen molar-refractivity contribution in [3.05, 3.63) is 45.9 Å². The lowest BCUT2D eigenvalue weighted by atomic mass is 10.1. The van der Waals surface area contributed by atoms with Crippen molar-refractivity contribution in [3.63, 3.8) is 0 Å². The van der Waals surface area contributed by atoms with Gasteiger partial charge in [0.1, 0.15) is 9.88 Å². The summed E-state index contributed by atoms with van der Waals surface area (Å²) in [5.74, 6) is -0.868. The van der Waals surface area contributed by atoms with Crippen molar-refractivity contribution in [1.29, 1.82) is 0 Å². The fraction of sp³-hybridized carbons (Fsp3) is 0.389. The molecule has 2 aromatic rings. The van der Waals surface area contributed by atoms with Gasteiger partial charge < -0.3 is 14.7 Å². The Hall–Kier alpha value is -2.25. The molecule has 6 nitrogen and oxygen atoms in total. The molecule has 132 valence electrons. The number of hydrogen-bond acceptors (Lipinski definition) is 5. The maximum Gasteiger partial charge on any atom is 0.347 e. The van der Waals surface area contributed by atoms with Crippen LogP contribution in [-0.2, 0) is 22.6 Å². The molecule has 2 heterocycles. The summed E-state index contributed by atoms with van der Waals surface area (Å²) in [5.41, 5.74) is 2.14. The van der Waals surface area contributed by atoms with Crippen LogP contribution in [0.25, 0.3) is 0 Å². The smallest absolute Gasteiger partial charge is 0.347 e. The van der Waals surface area contributed by atoms with Crippen molar-refractivity contribution < 1.29 is 19.4 Å². The third kappa shape index (κ3) is 4.05. The molecule has 1 N–H and O–H groups in total. The Morgan fingerprint density at radius 1 is 1.40 bits per heavy atom. The number of aromatic nitrogens is 1. The molecule has 25 heavy (non-hydrogen) atoms. The molecule has 0 spiro atoms. The zero-order valence-electron chi connectivity index (χ0n) is 14.0.